The number of esters is 1. The van der Waals surface area contributed by atoms with E-state index in [4.69, 9.17) is 4.74 Å². The zero-order valence-electron chi connectivity index (χ0n) is 22.1. The van der Waals surface area contributed by atoms with Gasteiger partial charge in [0.25, 0.3) is 0 Å². The fraction of sp³-hybridized carbons (Fsp3) is 0.147. The maximum atomic E-state index is 14.6. The van der Waals surface area contributed by atoms with Gasteiger partial charge in [0.05, 0.1) is 6.04 Å². The van der Waals surface area contributed by atoms with Gasteiger partial charge in [0, 0.05) is 47.6 Å². The molecule has 3 heterocycles. The molecule has 1 saturated heterocycles. The highest BCUT2D eigenvalue weighted by Crippen LogP contribution is 2.60. The minimum Gasteiger partial charge on any atom is -0.427 e. The molecule has 7 nitrogen and oxygen atoms in total. The number of aromatic nitrogens is 1. The first kappa shape index (κ1) is 24.8. The van der Waals surface area contributed by atoms with Crippen LogP contribution in [0.2, 0.25) is 0 Å². The SMILES string of the molecule is CC(=O)Oc1ccc(C(=O)[C@@H]2[C@H](c3cccnc3)C3(C(=O)c4ccccc4C3=O)[C@H]3C=Cc4ccccc4N23)cc1. The first-order valence-electron chi connectivity index (χ1n) is 13.4. The van der Waals surface area contributed by atoms with E-state index in [0.29, 0.717) is 28.0 Å². The summed E-state index contributed by atoms with van der Waals surface area (Å²) in [5.41, 5.74) is 1.85. The topological polar surface area (TPSA) is 93.6 Å². The van der Waals surface area contributed by atoms with Crippen LogP contribution in [0, 0.1) is 5.41 Å². The molecule has 200 valence electrons. The summed E-state index contributed by atoms with van der Waals surface area (Å²) in [4.78, 5) is 61.5. The van der Waals surface area contributed by atoms with E-state index in [1.807, 2.05) is 47.4 Å². The highest BCUT2D eigenvalue weighted by molar-refractivity contribution is 6.32. The van der Waals surface area contributed by atoms with E-state index < -0.39 is 29.4 Å². The Morgan fingerprint density at radius 1 is 0.854 bits per heavy atom. The molecule has 0 amide bonds. The van der Waals surface area contributed by atoms with Gasteiger partial charge >= 0.3 is 5.97 Å². The number of rotatable bonds is 4. The monoisotopic (exact) mass is 540 g/mol. The van der Waals surface area contributed by atoms with Crippen LogP contribution in [-0.4, -0.2) is 40.4 Å². The lowest BCUT2D eigenvalue weighted by molar-refractivity contribution is -0.131. The number of ether oxygens (including phenoxy) is 1. The van der Waals surface area contributed by atoms with E-state index in [1.54, 1.807) is 67.0 Å². The number of nitrogens with zero attached hydrogens (tertiary/aromatic N) is 2. The Hall–Kier alpha value is -5.17. The fourth-order valence-corrected chi connectivity index (χ4v) is 6.87. The molecule has 7 rings (SSSR count). The average molecular weight is 541 g/mol. The minimum absolute atomic E-state index is 0.253. The molecule has 3 aliphatic rings. The zero-order valence-corrected chi connectivity index (χ0v) is 22.1. The summed E-state index contributed by atoms with van der Waals surface area (Å²) in [6.45, 7) is 1.31. The predicted octanol–water partition coefficient (Wildman–Crippen LogP) is 5.32. The Morgan fingerprint density at radius 2 is 1.54 bits per heavy atom. The molecule has 7 heteroatoms. The molecule has 0 radical (unpaired) electrons. The quantitative estimate of drug-likeness (QED) is 0.150. The molecule has 1 aliphatic carbocycles. The van der Waals surface area contributed by atoms with Crippen LogP contribution in [0.5, 0.6) is 5.75 Å². The van der Waals surface area contributed by atoms with E-state index in [2.05, 4.69) is 4.98 Å². The van der Waals surface area contributed by atoms with Crippen molar-refractivity contribution in [2.45, 2.75) is 24.9 Å². The second-order valence-corrected chi connectivity index (χ2v) is 10.5. The van der Waals surface area contributed by atoms with Crippen LogP contribution in [-0.2, 0) is 4.79 Å². The number of carbonyl (C=O) groups is 4. The second kappa shape index (κ2) is 9.20. The van der Waals surface area contributed by atoms with E-state index in [9.17, 15) is 19.2 Å². The fourth-order valence-electron chi connectivity index (χ4n) is 6.87. The maximum absolute atomic E-state index is 14.6. The number of hydrogen-bond donors (Lipinski definition) is 0. The van der Waals surface area contributed by atoms with Crippen molar-refractivity contribution in [3.05, 3.63) is 131 Å². The van der Waals surface area contributed by atoms with Crippen molar-refractivity contribution in [1.82, 2.24) is 4.98 Å². The maximum Gasteiger partial charge on any atom is 0.308 e. The van der Waals surface area contributed by atoms with Crippen LogP contribution in [0.4, 0.5) is 5.69 Å². The van der Waals surface area contributed by atoms with Gasteiger partial charge in [0.1, 0.15) is 17.2 Å². The van der Waals surface area contributed by atoms with Gasteiger partial charge in [-0.25, -0.2) is 0 Å². The molecule has 3 aromatic carbocycles. The third kappa shape index (κ3) is 3.48. The van der Waals surface area contributed by atoms with Crippen LogP contribution < -0.4 is 9.64 Å². The summed E-state index contributed by atoms with van der Waals surface area (Å²) in [6, 6.07) is 22.9. The van der Waals surface area contributed by atoms with E-state index in [1.165, 1.54) is 6.92 Å². The number of pyridine rings is 1. The van der Waals surface area contributed by atoms with Gasteiger partial charge in [-0.3, -0.25) is 24.2 Å². The lowest BCUT2D eigenvalue weighted by Gasteiger charge is -2.37. The Kier molecular flexibility index (Phi) is 5.57. The van der Waals surface area contributed by atoms with Crippen molar-refractivity contribution in [2.24, 2.45) is 5.41 Å². The van der Waals surface area contributed by atoms with E-state index >= 15 is 0 Å². The van der Waals surface area contributed by atoms with Gasteiger partial charge in [0.15, 0.2) is 17.3 Å². The summed E-state index contributed by atoms with van der Waals surface area (Å²) >= 11 is 0. The highest BCUT2D eigenvalue weighted by Gasteiger charge is 2.71. The van der Waals surface area contributed by atoms with Gasteiger partial charge in [-0.15, -0.1) is 0 Å². The number of hydrogen-bond acceptors (Lipinski definition) is 7. The van der Waals surface area contributed by atoms with Crippen LogP contribution >= 0.6 is 0 Å². The highest BCUT2D eigenvalue weighted by atomic mass is 16.5. The Bertz CT molecular complexity index is 1740. The summed E-state index contributed by atoms with van der Waals surface area (Å²) in [5.74, 6) is -1.79. The van der Waals surface area contributed by atoms with Crippen LogP contribution in [0.3, 0.4) is 0 Å². The number of fused-ring (bicyclic) bond motifs is 5. The number of para-hydroxylation sites is 1. The number of Topliss-reactive ketones (excluding diaryl/α,β-unsaturated/α-hetero) is 3. The van der Waals surface area contributed by atoms with Gasteiger partial charge in [-0.1, -0.05) is 60.7 Å². The summed E-state index contributed by atoms with van der Waals surface area (Å²) in [6.07, 6.45) is 7.10. The van der Waals surface area contributed by atoms with E-state index in [-0.39, 0.29) is 17.3 Å². The smallest absolute Gasteiger partial charge is 0.308 e. The van der Waals surface area contributed by atoms with Crippen LogP contribution in [0.1, 0.15) is 55.0 Å². The normalized spacial score (nSPS) is 21.4. The van der Waals surface area contributed by atoms with Crippen molar-refractivity contribution in [3.63, 3.8) is 0 Å². The average Bonchev–Trinajstić information content (AvgIpc) is 3.43. The van der Waals surface area contributed by atoms with Crippen LogP contribution in [0.15, 0.2) is 103 Å². The second-order valence-electron chi connectivity index (χ2n) is 10.5. The lowest BCUT2D eigenvalue weighted by Crippen LogP contribution is -2.48. The Morgan fingerprint density at radius 3 is 2.20 bits per heavy atom. The molecule has 0 unspecified atom stereocenters. The van der Waals surface area contributed by atoms with Gasteiger partial charge in [-0.2, -0.15) is 0 Å². The van der Waals surface area contributed by atoms with Crippen molar-refractivity contribution in [2.75, 3.05) is 4.90 Å². The standard InChI is InChI=1S/C34H24N2O5/c1-20(37)41-24-15-12-22(13-16-24)31(38)30-29(23-8-6-18-35-19-23)34(32(39)25-9-3-4-10-26(25)33(34)40)28-17-14-21-7-2-5-11-27(21)36(28)30/h2-19,28-30H,1H3/t28-,29+,30+/m1/s1. The molecule has 0 saturated carbocycles. The van der Waals surface area contributed by atoms with Crippen molar-refractivity contribution in [1.29, 1.82) is 0 Å². The molecule has 0 N–H and O–H groups in total. The number of anilines is 1. The molecule has 41 heavy (non-hydrogen) atoms. The van der Waals surface area contributed by atoms with Crippen molar-refractivity contribution < 1.29 is 23.9 Å². The minimum atomic E-state index is -1.57. The van der Waals surface area contributed by atoms with Gasteiger partial charge in [-0.05, 0) is 47.5 Å². The predicted molar refractivity (Wildman–Crippen MR) is 152 cm³/mol. The third-order valence-electron chi connectivity index (χ3n) is 8.43. The largest absolute Gasteiger partial charge is 0.427 e. The van der Waals surface area contributed by atoms with Crippen molar-refractivity contribution >= 4 is 35.1 Å². The number of benzene rings is 3. The first-order chi connectivity index (χ1) is 19.9. The number of carbonyl (C=O) groups excluding carboxylic acids is 4. The number of ketones is 3. The first-order valence-corrected chi connectivity index (χ1v) is 13.4. The molecule has 0 bridgehead atoms. The summed E-state index contributed by atoms with van der Waals surface area (Å²) < 4.78 is 5.17. The molecule has 1 aromatic heterocycles. The van der Waals surface area contributed by atoms with Gasteiger partial charge < -0.3 is 9.64 Å². The summed E-state index contributed by atoms with van der Waals surface area (Å²) in [7, 11) is 0. The Labute approximate surface area is 236 Å². The van der Waals surface area contributed by atoms with Crippen molar-refractivity contribution in [3.8, 4) is 5.75 Å². The van der Waals surface area contributed by atoms with Gasteiger partial charge in [0.2, 0.25) is 0 Å². The zero-order chi connectivity index (χ0) is 28.3. The Balaban J connectivity index is 1.48. The molecule has 1 fully saturated rings. The molecular formula is C34H24N2O5. The molecule has 3 atom stereocenters. The molecular weight excluding hydrogens is 516 g/mol. The summed E-state index contributed by atoms with van der Waals surface area (Å²) in [5, 5.41) is 0. The molecule has 2 aliphatic heterocycles. The van der Waals surface area contributed by atoms with E-state index in [0.717, 1.165) is 11.3 Å². The van der Waals surface area contributed by atoms with Crippen LogP contribution in [0.25, 0.3) is 6.08 Å². The third-order valence-corrected chi connectivity index (χ3v) is 8.43. The lowest BCUT2D eigenvalue weighted by atomic mass is 9.64. The molecule has 4 aromatic rings. The molecule has 1 spiro atoms.